The van der Waals surface area contributed by atoms with Gasteiger partial charge < -0.3 is 36.3 Å². The first-order chi connectivity index (χ1) is 46.2. The summed E-state index contributed by atoms with van der Waals surface area (Å²) in [6.45, 7) is 14.0. The Morgan fingerprint density at radius 1 is 0.463 bits per heavy atom. The van der Waals surface area contributed by atoms with Crippen molar-refractivity contribution in [1.29, 1.82) is 0 Å². The number of nitrogens with one attached hydrogen (secondary N) is 3. The maximum Gasteiger partial charge on any atom is 0.329 e. The standard InChI is InChI=1S/C41H60N2O4.C21H32N2O3.C20H30O2/c1-4-5-6-7-8-9-10-11-12-13-14-15-16-17-18-19-23-26-39(44)42-31-32-47-41(46)38(33-35-24-21-20-22-25-35)43-40(45)37-29-27-36(28-30-37)34(2)3;1-15(2)17-8-10-18(11-9-17)20(24)23-19(21(25)26-13-12-22)14-16-6-4-3-5-7-16;1-2-3-4-5-6-7-8-9-10-11-12-13-14-15-16-17-18-19-20(21)22/h5-6,8-9,11-12,14-15,17-18,20-22,24-25,34,36-38H,4,7,10,13,16,19,23,26-33H2,1-3H3,(H,42,44)(H,43,45);3-7,15,17-19H,8-14,22H2,1-2H3,(H,23,24);3-4,6-7,9-10,12-13,15-16H,2,5,8,11,14,17-19H2,1H3,(H,21,22)/b6-5-,9-8-,12-11-,15-14-,18-17-;;4-3-,7-6-,10-9-,13-12-,16-15-/t36?,37?,38-;17?,18?,19-;/m11./s1. The van der Waals surface area contributed by atoms with Crippen molar-refractivity contribution in [1.82, 2.24) is 16.0 Å². The molecule has 2 saturated carbocycles. The first-order valence-corrected chi connectivity index (χ1v) is 35.9. The van der Waals surface area contributed by atoms with Gasteiger partial charge in [0.1, 0.15) is 25.3 Å². The number of carbonyl (C=O) groups excluding carboxylic acids is 5. The van der Waals surface area contributed by atoms with Gasteiger partial charge in [-0.3, -0.25) is 19.2 Å². The zero-order valence-electron chi connectivity index (χ0n) is 58.9. The van der Waals surface area contributed by atoms with Crippen LogP contribution in [0.15, 0.2) is 182 Å². The number of benzene rings is 2. The van der Waals surface area contributed by atoms with Gasteiger partial charge in [0.2, 0.25) is 17.7 Å². The third kappa shape index (κ3) is 44.8. The number of carboxylic acid groups (broad SMARTS) is 1. The minimum Gasteiger partial charge on any atom is -0.481 e. The Morgan fingerprint density at radius 3 is 1.12 bits per heavy atom. The molecule has 0 aromatic heterocycles. The summed E-state index contributed by atoms with van der Waals surface area (Å²) in [5.74, 6) is 0.840. The van der Waals surface area contributed by atoms with Gasteiger partial charge >= 0.3 is 17.9 Å². The molecule has 2 aliphatic carbocycles. The molecular weight excluding hydrogens is 1180 g/mol. The van der Waals surface area contributed by atoms with Crippen molar-refractivity contribution in [2.75, 3.05) is 26.3 Å². The van der Waals surface area contributed by atoms with Crippen molar-refractivity contribution in [3.63, 3.8) is 0 Å². The lowest BCUT2D eigenvalue weighted by molar-refractivity contribution is -0.148. The van der Waals surface area contributed by atoms with E-state index in [4.69, 9.17) is 20.3 Å². The van der Waals surface area contributed by atoms with Crippen LogP contribution < -0.4 is 21.7 Å². The van der Waals surface area contributed by atoms with Crippen LogP contribution in [0.1, 0.15) is 207 Å². The third-order valence-electron chi connectivity index (χ3n) is 16.8. The van der Waals surface area contributed by atoms with E-state index in [1.807, 2.05) is 60.7 Å². The Morgan fingerprint density at radius 2 is 0.789 bits per heavy atom. The van der Waals surface area contributed by atoms with Crippen molar-refractivity contribution in [2.45, 2.75) is 221 Å². The van der Waals surface area contributed by atoms with E-state index < -0.39 is 30.0 Å². The number of hydrogen-bond acceptors (Lipinski definition) is 9. The van der Waals surface area contributed by atoms with Gasteiger partial charge in [0.25, 0.3) is 0 Å². The highest BCUT2D eigenvalue weighted by molar-refractivity contribution is 5.87. The number of carbonyl (C=O) groups is 6. The monoisotopic (exact) mass is 1310 g/mol. The largest absolute Gasteiger partial charge is 0.481 e. The molecule has 0 radical (unpaired) electrons. The molecule has 13 heteroatoms. The second kappa shape index (κ2) is 56.9. The number of amides is 3. The van der Waals surface area contributed by atoms with Gasteiger partial charge in [0, 0.05) is 44.1 Å². The number of rotatable bonds is 43. The summed E-state index contributed by atoms with van der Waals surface area (Å²) < 4.78 is 10.7. The zero-order chi connectivity index (χ0) is 69.2. The number of unbranched alkanes of at least 4 members (excludes halogenated alkanes) is 2. The van der Waals surface area contributed by atoms with E-state index in [0.29, 0.717) is 42.9 Å². The Hall–Kier alpha value is -7.38. The topological polar surface area (TPSA) is 203 Å². The number of ether oxygens (including phenoxy) is 2. The van der Waals surface area contributed by atoms with E-state index in [1.165, 1.54) is 0 Å². The number of hydrogen-bond donors (Lipinski definition) is 5. The quantitative estimate of drug-likeness (QED) is 0.0241. The molecule has 2 fully saturated rings. The average molecular weight is 1310 g/mol. The van der Waals surface area contributed by atoms with E-state index in [1.54, 1.807) is 0 Å². The normalized spacial score (nSPS) is 17.6. The maximum absolute atomic E-state index is 13.1. The van der Waals surface area contributed by atoms with E-state index >= 15 is 0 Å². The summed E-state index contributed by atoms with van der Waals surface area (Å²) in [7, 11) is 0. The highest BCUT2D eigenvalue weighted by Crippen LogP contribution is 2.34. The van der Waals surface area contributed by atoms with Gasteiger partial charge in [-0.2, -0.15) is 0 Å². The molecule has 13 nitrogen and oxygen atoms in total. The van der Waals surface area contributed by atoms with Crippen LogP contribution in [0.4, 0.5) is 0 Å². The average Bonchev–Trinajstić information content (AvgIpc) is 1.21. The highest BCUT2D eigenvalue weighted by atomic mass is 16.5. The second-order valence-corrected chi connectivity index (χ2v) is 25.3. The fourth-order valence-corrected chi connectivity index (χ4v) is 11.0. The number of allylic oxidation sites excluding steroid dienone is 20. The first kappa shape index (κ1) is 83.7. The predicted octanol–water partition coefficient (Wildman–Crippen LogP) is 17.4. The van der Waals surface area contributed by atoms with E-state index in [-0.39, 0.29) is 62.3 Å². The number of nitrogens with two attached hydrogens (primary N) is 1. The van der Waals surface area contributed by atoms with E-state index in [9.17, 15) is 28.8 Å². The Bertz CT molecular complexity index is 2670. The van der Waals surface area contributed by atoms with Crippen LogP contribution in [0.5, 0.6) is 0 Å². The fraction of sp³-hybridized carbons (Fsp3) is 0.537. The van der Waals surface area contributed by atoms with Crippen molar-refractivity contribution in [3.8, 4) is 0 Å². The van der Waals surface area contributed by atoms with Gasteiger partial charge in [0.15, 0.2) is 0 Å². The molecule has 4 rings (SSSR count). The summed E-state index contributed by atoms with van der Waals surface area (Å²) >= 11 is 0. The molecule has 0 saturated heterocycles. The summed E-state index contributed by atoms with van der Waals surface area (Å²) in [6.07, 6.45) is 65.7. The molecule has 0 heterocycles. The molecule has 6 N–H and O–H groups in total. The zero-order valence-corrected chi connectivity index (χ0v) is 58.9. The molecule has 2 aromatic rings. The van der Waals surface area contributed by atoms with E-state index in [0.717, 1.165) is 152 Å². The molecule has 524 valence electrons. The van der Waals surface area contributed by atoms with Gasteiger partial charge in [-0.1, -0.05) is 224 Å². The van der Waals surface area contributed by atoms with Crippen LogP contribution >= 0.6 is 0 Å². The Kier molecular flexibility index (Phi) is 50.2. The van der Waals surface area contributed by atoms with Crippen LogP contribution in [0.25, 0.3) is 0 Å². The maximum atomic E-state index is 13.1. The van der Waals surface area contributed by atoms with Gasteiger partial charge in [-0.05, 0) is 176 Å². The number of esters is 2. The molecule has 95 heavy (non-hydrogen) atoms. The minimum atomic E-state index is -0.758. The smallest absolute Gasteiger partial charge is 0.329 e. The van der Waals surface area contributed by atoms with Gasteiger partial charge in [-0.25, -0.2) is 9.59 Å². The van der Waals surface area contributed by atoms with Crippen molar-refractivity contribution < 1.29 is 43.3 Å². The molecule has 2 atom stereocenters. The lowest BCUT2D eigenvalue weighted by atomic mass is 9.76. The third-order valence-corrected chi connectivity index (χ3v) is 16.8. The molecule has 3 amide bonds. The van der Waals surface area contributed by atoms with Crippen LogP contribution in [0.3, 0.4) is 0 Å². The second-order valence-electron chi connectivity index (χ2n) is 25.3. The van der Waals surface area contributed by atoms with E-state index in [2.05, 4.69) is 179 Å². The SMILES string of the molecule is CC(C)C1CCC(C(=O)N[C@H](Cc2ccccc2)C(=O)OCCN)CC1.CC/C=C\C/C=C\C/C=C\C/C=C\C/C=C\CCCC(=O)NCCOC(=O)[C@@H](Cc1ccccc1)NC(=O)C1CCC(C(C)C)CC1.CC/C=C\C/C=C\C/C=C\C/C=C\C/C=C\CCCC(=O)O. The summed E-state index contributed by atoms with van der Waals surface area (Å²) in [6, 6.07) is 17.9. The molecule has 0 spiro atoms. The number of aliphatic carboxylic acids is 1. The highest BCUT2D eigenvalue weighted by Gasteiger charge is 2.33. The molecule has 2 aromatic carbocycles. The Balaban J connectivity index is 0.000000537. The summed E-state index contributed by atoms with van der Waals surface area (Å²) in [5.41, 5.74) is 7.37. The van der Waals surface area contributed by atoms with Crippen LogP contribution in [-0.4, -0.2) is 79.1 Å². The van der Waals surface area contributed by atoms with Crippen molar-refractivity contribution in [2.24, 2.45) is 41.2 Å². The van der Waals surface area contributed by atoms with Gasteiger partial charge in [0.05, 0.1) is 6.54 Å². The lowest BCUT2D eigenvalue weighted by Crippen LogP contribution is -2.46. The predicted molar refractivity (Wildman–Crippen MR) is 393 cm³/mol. The molecular formula is C82H122N4O9. The van der Waals surface area contributed by atoms with Crippen molar-refractivity contribution >= 4 is 35.6 Å². The van der Waals surface area contributed by atoms with Crippen molar-refractivity contribution in [3.05, 3.63) is 193 Å². The molecule has 0 unspecified atom stereocenters. The lowest BCUT2D eigenvalue weighted by Gasteiger charge is -2.31. The number of carboxylic acids is 1. The Labute approximate surface area is 573 Å². The van der Waals surface area contributed by atoms with Crippen LogP contribution in [0, 0.1) is 35.5 Å². The molecule has 0 aliphatic heterocycles. The van der Waals surface area contributed by atoms with Crippen LogP contribution in [-0.2, 0) is 51.1 Å². The summed E-state index contributed by atoms with van der Waals surface area (Å²) in [4.78, 5) is 73.8. The minimum absolute atomic E-state index is 0.00872. The van der Waals surface area contributed by atoms with Gasteiger partial charge in [-0.15, -0.1) is 0 Å². The fourth-order valence-electron chi connectivity index (χ4n) is 11.0. The molecule has 0 bridgehead atoms. The molecule has 2 aliphatic rings. The van der Waals surface area contributed by atoms with Crippen LogP contribution in [0.2, 0.25) is 0 Å². The first-order valence-electron chi connectivity index (χ1n) is 35.9. The summed E-state index contributed by atoms with van der Waals surface area (Å²) in [5, 5.41) is 17.2.